The van der Waals surface area contributed by atoms with Gasteiger partial charge in [-0.05, 0) is 50.9 Å². The summed E-state index contributed by atoms with van der Waals surface area (Å²) in [5.74, 6) is 2.04. The summed E-state index contributed by atoms with van der Waals surface area (Å²) < 4.78 is 0. The second kappa shape index (κ2) is 5.69. The van der Waals surface area contributed by atoms with Gasteiger partial charge in [0.2, 0.25) is 0 Å². The maximum atomic E-state index is 12.5. The predicted molar refractivity (Wildman–Crippen MR) is 93.6 cm³/mol. The molecule has 24 heavy (non-hydrogen) atoms. The van der Waals surface area contributed by atoms with Crippen LogP contribution in [0.15, 0.2) is 35.4 Å². The van der Waals surface area contributed by atoms with Gasteiger partial charge in [-0.2, -0.15) is 5.10 Å². The zero-order chi connectivity index (χ0) is 16.9. The van der Waals surface area contributed by atoms with Gasteiger partial charge in [-0.3, -0.25) is 9.80 Å². The molecule has 2 fully saturated rings. The summed E-state index contributed by atoms with van der Waals surface area (Å²) in [7, 11) is 0. The number of fused-ring (bicyclic) bond motifs is 2. The van der Waals surface area contributed by atoms with E-state index >= 15 is 0 Å². The highest BCUT2D eigenvalue weighted by atomic mass is 16.3. The van der Waals surface area contributed by atoms with Gasteiger partial charge in [-0.15, -0.1) is 0 Å². The molecule has 1 aromatic carbocycles. The van der Waals surface area contributed by atoms with Gasteiger partial charge in [0.05, 0.1) is 5.41 Å². The molecule has 4 nitrogen and oxygen atoms in total. The Morgan fingerprint density at radius 3 is 2.67 bits per heavy atom. The average Bonchev–Trinajstić information content (AvgIpc) is 3.28. The first-order valence-electron chi connectivity index (χ1n) is 9.08. The number of nitrogens with zero attached hydrogens (tertiary/aromatic N) is 2. The third-order valence-corrected chi connectivity index (χ3v) is 6.79. The smallest absolute Gasteiger partial charge is 0.183 e. The number of aliphatic hydroxyl groups is 1. The van der Waals surface area contributed by atoms with E-state index in [-0.39, 0.29) is 17.7 Å². The van der Waals surface area contributed by atoms with E-state index in [4.69, 9.17) is 0 Å². The minimum atomic E-state index is -0.700. The van der Waals surface area contributed by atoms with Gasteiger partial charge in [0.1, 0.15) is 6.54 Å². The highest BCUT2D eigenvalue weighted by Gasteiger charge is 2.56. The zero-order valence-electron chi connectivity index (χ0n) is 14.5. The Morgan fingerprint density at radius 2 is 2.04 bits per heavy atom. The van der Waals surface area contributed by atoms with Gasteiger partial charge < -0.3 is 5.11 Å². The molecule has 4 rings (SSSR count). The van der Waals surface area contributed by atoms with Crippen LogP contribution in [0.2, 0.25) is 0 Å². The molecule has 2 bridgehead atoms. The van der Waals surface area contributed by atoms with E-state index in [1.807, 2.05) is 37.3 Å². The number of hydrazone groups is 1. The van der Waals surface area contributed by atoms with Gasteiger partial charge >= 0.3 is 0 Å². The molecular formula is C20H26N2O2. The van der Waals surface area contributed by atoms with Crippen molar-refractivity contribution < 1.29 is 9.90 Å². The molecule has 1 aliphatic heterocycles. The lowest BCUT2D eigenvalue weighted by Gasteiger charge is -2.40. The predicted octanol–water partition coefficient (Wildman–Crippen LogP) is 3.32. The second-order valence-electron chi connectivity index (χ2n) is 8.01. The monoisotopic (exact) mass is 326 g/mol. The number of rotatable bonds is 4. The number of carbonyl (C=O) groups excluding carboxylic acids is 1. The summed E-state index contributed by atoms with van der Waals surface area (Å²) in [4.78, 5) is 12.5. The van der Waals surface area contributed by atoms with Crippen molar-refractivity contribution in [3.05, 3.63) is 35.9 Å². The van der Waals surface area contributed by atoms with Crippen LogP contribution in [0.25, 0.3) is 0 Å². The summed E-state index contributed by atoms with van der Waals surface area (Å²) in [6, 6.07) is 9.26. The SMILES string of the molecule is CC1=NN(CC(=O)c2ccccc2)C(O)[C@]1(C)C1CC2CCC1C2. The zero-order valence-corrected chi connectivity index (χ0v) is 14.5. The third kappa shape index (κ3) is 2.31. The van der Waals surface area contributed by atoms with Crippen LogP contribution in [0.4, 0.5) is 0 Å². The summed E-state index contributed by atoms with van der Waals surface area (Å²) >= 11 is 0. The Morgan fingerprint density at radius 1 is 1.29 bits per heavy atom. The van der Waals surface area contributed by atoms with Gasteiger partial charge in [0.15, 0.2) is 12.0 Å². The van der Waals surface area contributed by atoms with Crippen LogP contribution < -0.4 is 0 Å². The highest BCUT2D eigenvalue weighted by molar-refractivity contribution is 5.98. The Balaban J connectivity index is 1.52. The van der Waals surface area contributed by atoms with Crippen LogP contribution in [-0.2, 0) is 0 Å². The minimum absolute atomic E-state index is 0.00314. The van der Waals surface area contributed by atoms with Crippen LogP contribution in [0, 0.1) is 23.2 Å². The average molecular weight is 326 g/mol. The normalized spacial score (nSPS) is 37.8. The molecule has 1 aromatic rings. The van der Waals surface area contributed by atoms with E-state index in [0.29, 0.717) is 17.4 Å². The van der Waals surface area contributed by atoms with Crippen LogP contribution in [0.1, 0.15) is 49.9 Å². The van der Waals surface area contributed by atoms with E-state index in [1.165, 1.54) is 25.7 Å². The summed E-state index contributed by atoms with van der Waals surface area (Å²) in [5.41, 5.74) is 1.33. The van der Waals surface area contributed by atoms with Crippen molar-refractivity contribution in [2.75, 3.05) is 6.54 Å². The lowest BCUT2D eigenvalue weighted by Crippen LogP contribution is -2.48. The quantitative estimate of drug-likeness (QED) is 0.864. The van der Waals surface area contributed by atoms with Crippen molar-refractivity contribution >= 4 is 11.5 Å². The van der Waals surface area contributed by atoms with Crippen molar-refractivity contribution in [1.29, 1.82) is 0 Å². The maximum Gasteiger partial charge on any atom is 0.183 e. The maximum absolute atomic E-state index is 12.5. The summed E-state index contributed by atoms with van der Waals surface area (Å²) in [6.07, 6.45) is 4.44. The fraction of sp³-hybridized carbons (Fsp3) is 0.600. The van der Waals surface area contributed by atoms with Crippen LogP contribution >= 0.6 is 0 Å². The topological polar surface area (TPSA) is 52.9 Å². The lowest BCUT2D eigenvalue weighted by molar-refractivity contribution is -0.0634. The number of ketones is 1. The standard InChI is InChI=1S/C20H26N2O2/c1-13-20(2,17-11-14-8-9-16(17)10-14)19(24)22(21-13)12-18(23)15-6-4-3-5-7-15/h3-7,14,16-17,19,24H,8-12H2,1-2H3/t14?,16?,17?,19?,20-/m0/s1. The fourth-order valence-electron chi connectivity index (χ4n) is 5.27. The van der Waals surface area contributed by atoms with Crippen molar-refractivity contribution in [1.82, 2.24) is 5.01 Å². The van der Waals surface area contributed by atoms with Crippen molar-refractivity contribution in [3.63, 3.8) is 0 Å². The van der Waals surface area contributed by atoms with Gasteiger partial charge in [0.25, 0.3) is 0 Å². The molecule has 2 saturated carbocycles. The number of hydrogen-bond acceptors (Lipinski definition) is 4. The van der Waals surface area contributed by atoms with Crippen LogP contribution in [-0.4, -0.2) is 34.4 Å². The summed E-state index contributed by atoms with van der Waals surface area (Å²) in [5, 5.41) is 17.2. The number of aliphatic hydroxyl groups excluding tert-OH is 1. The molecule has 0 radical (unpaired) electrons. The van der Waals surface area contributed by atoms with E-state index in [1.54, 1.807) is 5.01 Å². The molecule has 5 atom stereocenters. The number of carbonyl (C=O) groups is 1. The number of benzene rings is 1. The third-order valence-electron chi connectivity index (χ3n) is 6.79. The van der Waals surface area contributed by atoms with E-state index < -0.39 is 6.23 Å². The van der Waals surface area contributed by atoms with Crippen LogP contribution in [0.5, 0.6) is 0 Å². The Bertz CT molecular complexity index is 671. The first-order valence-corrected chi connectivity index (χ1v) is 9.08. The number of hydrogen-bond donors (Lipinski definition) is 1. The van der Waals surface area contributed by atoms with E-state index in [0.717, 1.165) is 11.6 Å². The highest BCUT2D eigenvalue weighted by Crippen LogP contribution is 2.57. The largest absolute Gasteiger partial charge is 0.371 e. The van der Waals surface area contributed by atoms with Gasteiger partial charge in [-0.1, -0.05) is 36.8 Å². The van der Waals surface area contributed by atoms with E-state index in [2.05, 4.69) is 12.0 Å². The van der Waals surface area contributed by atoms with Crippen LogP contribution in [0.3, 0.4) is 0 Å². The minimum Gasteiger partial charge on any atom is -0.371 e. The lowest BCUT2D eigenvalue weighted by atomic mass is 9.66. The molecule has 2 aliphatic carbocycles. The molecule has 0 amide bonds. The molecular weight excluding hydrogens is 300 g/mol. The molecule has 0 saturated heterocycles. The first kappa shape index (κ1) is 15.8. The Hall–Kier alpha value is -1.68. The first-order chi connectivity index (χ1) is 11.5. The molecule has 4 unspecified atom stereocenters. The van der Waals surface area contributed by atoms with Crippen molar-refractivity contribution in [3.8, 4) is 0 Å². The summed E-state index contributed by atoms with van der Waals surface area (Å²) in [6.45, 7) is 4.30. The fourth-order valence-corrected chi connectivity index (χ4v) is 5.27. The Labute approximate surface area is 143 Å². The molecule has 0 aromatic heterocycles. The van der Waals surface area contributed by atoms with Crippen molar-refractivity contribution in [2.45, 2.75) is 45.8 Å². The molecule has 0 spiro atoms. The number of Topliss-reactive ketones (excluding diaryl/α,β-unsaturated/α-hetero) is 1. The molecule has 4 heteroatoms. The molecule has 1 N–H and O–H groups in total. The van der Waals surface area contributed by atoms with E-state index in [9.17, 15) is 9.90 Å². The van der Waals surface area contributed by atoms with Gasteiger partial charge in [-0.25, -0.2) is 0 Å². The molecule has 1 heterocycles. The molecule has 3 aliphatic rings. The second-order valence-corrected chi connectivity index (χ2v) is 8.01. The molecule has 128 valence electrons. The van der Waals surface area contributed by atoms with Gasteiger partial charge in [0, 0.05) is 11.3 Å². The Kier molecular flexibility index (Phi) is 3.75. The van der Waals surface area contributed by atoms with Crippen molar-refractivity contribution in [2.24, 2.45) is 28.3 Å².